The van der Waals surface area contributed by atoms with Gasteiger partial charge in [0.2, 0.25) is 0 Å². The quantitative estimate of drug-likeness (QED) is 0.233. The fourth-order valence-electron chi connectivity index (χ4n) is 4.57. The van der Waals surface area contributed by atoms with E-state index in [4.69, 9.17) is 19.0 Å². The Morgan fingerprint density at radius 1 is 1.26 bits per heavy atom. The second-order valence-electron chi connectivity index (χ2n) is 9.20. The molecule has 1 fully saturated rings. The smallest absolute Gasteiger partial charge is 0.333 e. The highest BCUT2D eigenvalue weighted by atomic mass is 32.2. The molecule has 1 aliphatic carbocycles. The Morgan fingerprint density at radius 3 is 2.77 bits per heavy atom. The van der Waals surface area contributed by atoms with Gasteiger partial charge in [0.05, 0.1) is 24.0 Å². The van der Waals surface area contributed by atoms with E-state index in [-0.39, 0.29) is 11.5 Å². The van der Waals surface area contributed by atoms with E-state index in [1.807, 2.05) is 36.9 Å². The summed E-state index contributed by atoms with van der Waals surface area (Å²) in [5.74, 6) is -2.09. The highest BCUT2D eigenvalue weighted by Crippen LogP contribution is 2.37. The van der Waals surface area contributed by atoms with Crippen molar-refractivity contribution in [1.82, 2.24) is 10.0 Å². The molecule has 2 amide bonds. The number of aryl methyl sites for hydroxylation is 1. The Balaban J connectivity index is 1.29. The average molecular weight is 558 g/mol. The Morgan fingerprint density at radius 2 is 2.05 bits per heavy atom. The molecule has 0 N–H and O–H groups in total. The van der Waals surface area contributed by atoms with Crippen LogP contribution in [0.5, 0.6) is 5.75 Å². The van der Waals surface area contributed by atoms with Gasteiger partial charge in [0, 0.05) is 37.7 Å². The molecule has 1 aromatic rings. The molecule has 13 nitrogen and oxygen atoms in total. The van der Waals surface area contributed by atoms with Gasteiger partial charge >= 0.3 is 5.97 Å². The van der Waals surface area contributed by atoms with Crippen LogP contribution in [0.15, 0.2) is 33.7 Å². The number of carbonyl (C=O) groups excluding carboxylic acids is 3. The summed E-state index contributed by atoms with van der Waals surface area (Å²) in [6, 6.07) is 7.43. The maximum Gasteiger partial charge on any atom is 0.333 e. The molecule has 0 bridgehead atoms. The van der Waals surface area contributed by atoms with Crippen LogP contribution >= 0.6 is 0 Å². The molecule has 1 atom stereocenters. The number of ether oxygens (including phenoxy) is 1. The number of imide groups is 1. The van der Waals surface area contributed by atoms with Gasteiger partial charge in [-0.1, -0.05) is 0 Å². The van der Waals surface area contributed by atoms with E-state index in [0.717, 1.165) is 16.6 Å². The van der Waals surface area contributed by atoms with Crippen molar-refractivity contribution in [2.24, 2.45) is 4.99 Å². The van der Waals surface area contributed by atoms with Crippen LogP contribution in [0.3, 0.4) is 0 Å². The summed E-state index contributed by atoms with van der Waals surface area (Å²) >= 11 is 0. The monoisotopic (exact) mass is 557 g/mol. The van der Waals surface area contributed by atoms with Crippen LogP contribution in [-0.4, -0.2) is 72.3 Å². The number of rotatable bonds is 7. The molecule has 39 heavy (non-hydrogen) atoms. The maximum atomic E-state index is 12.3. The lowest BCUT2D eigenvalue weighted by Crippen LogP contribution is -2.37. The summed E-state index contributed by atoms with van der Waals surface area (Å²) in [5.41, 5.74) is 3.64. The summed E-state index contributed by atoms with van der Waals surface area (Å²) in [4.78, 5) is 52.1. The van der Waals surface area contributed by atoms with Gasteiger partial charge in [-0.25, -0.2) is 18.2 Å². The maximum absolute atomic E-state index is 12.3. The fourth-order valence-corrected chi connectivity index (χ4v) is 5.26. The molecule has 0 aromatic heterocycles. The number of benzene rings is 2. The van der Waals surface area contributed by atoms with Crippen molar-refractivity contribution in [2.75, 3.05) is 31.1 Å². The number of carbonyl (C=O) groups is 3. The van der Waals surface area contributed by atoms with Gasteiger partial charge in [-0.05, 0) is 31.9 Å². The van der Waals surface area contributed by atoms with Gasteiger partial charge in [-0.3, -0.25) is 14.6 Å². The normalized spacial score (nSPS) is 18.1. The summed E-state index contributed by atoms with van der Waals surface area (Å²) in [6.07, 6.45) is -0.713. The Bertz CT molecular complexity index is 1630. The van der Waals surface area contributed by atoms with Gasteiger partial charge in [-0.2, -0.15) is 0 Å². The minimum atomic E-state index is -5.04. The molecule has 1 saturated heterocycles. The molecule has 206 valence electrons. The van der Waals surface area contributed by atoms with Crippen LogP contribution < -0.4 is 15.0 Å². The Hall–Kier alpha value is -4.04. The van der Waals surface area contributed by atoms with E-state index in [9.17, 15) is 27.4 Å². The second-order valence-corrected chi connectivity index (χ2v) is 10.8. The first-order valence-electron chi connectivity index (χ1n) is 12.3. The second kappa shape index (κ2) is 10.3. The van der Waals surface area contributed by atoms with Crippen LogP contribution in [-0.2, 0) is 29.3 Å². The van der Waals surface area contributed by atoms with Crippen LogP contribution in [0.2, 0.25) is 0 Å². The molecule has 0 saturated carbocycles. The van der Waals surface area contributed by atoms with Crippen LogP contribution in [0, 0.1) is 6.92 Å². The number of fused-ring (bicyclic) bond motifs is 3. The SMILES string of the molecule is CCN=c1cc2oc3cc4c(cc3nc-2cc1C)OCCN4CCCC(=O)ON1C(=O)CC(S(=O)(=O)[O-])C1=O. The molecule has 5 rings (SSSR count). The van der Waals surface area contributed by atoms with Gasteiger partial charge in [0.1, 0.15) is 38.9 Å². The lowest BCUT2D eigenvalue weighted by atomic mass is 10.1. The zero-order chi connectivity index (χ0) is 27.9. The predicted molar refractivity (Wildman–Crippen MR) is 134 cm³/mol. The topological polar surface area (TPSA) is 172 Å². The van der Waals surface area contributed by atoms with Crippen molar-refractivity contribution in [3.05, 3.63) is 35.2 Å². The summed E-state index contributed by atoms with van der Waals surface area (Å²) in [5, 5.41) is -1.17. The van der Waals surface area contributed by atoms with Crippen LogP contribution in [0.1, 0.15) is 31.7 Å². The number of hydrogen-bond donors (Lipinski definition) is 0. The zero-order valence-corrected chi connectivity index (χ0v) is 22.0. The highest BCUT2D eigenvalue weighted by Gasteiger charge is 2.45. The first kappa shape index (κ1) is 26.6. The summed E-state index contributed by atoms with van der Waals surface area (Å²) in [7, 11) is -5.04. The minimum absolute atomic E-state index is 0.0676. The fraction of sp³-hybridized carbons (Fsp3) is 0.400. The van der Waals surface area contributed by atoms with Crippen LogP contribution in [0.25, 0.3) is 22.6 Å². The van der Waals surface area contributed by atoms with Gasteiger partial charge < -0.3 is 23.4 Å². The van der Waals surface area contributed by atoms with E-state index in [1.54, 1.807) is 6.07 Å². The van der Waals surface area contributed by atoms with E-state index in [1.165, 1.54) is 0 Å². The van der Waals surface area contributed by atoms with Crippen molar-refractivity contribution in [3.8, 4) is 17.2 Å². The highest BCUT2D eigenvalue weighted by molar-refractivity contribution is 7.87. The Labute approximate surface area is 223 Å². The van der Waals surface area contributed by atoms with Crippen molar-refractivity contribution in [3.63, 3.8) is 0 Å². The van der Waals surface area contributed by atoms with Gasteiger partial charge in [0.15, 0.2) is 11.3 Å². The number of aromatic nitrogens is 1. The standard InChI is InChI=1S/C25H26N4O9S/c1-3-26-15-10-19-16(9-14(15)2)27-17-11-21-18(12-20(17)37-19)28(7-8-36-21)6-4-5-24(31)38-29-23(30)13-22(25(29)32)39(33,34)35/h9-12,22H,3-8,13H2,1-2H3,(H,33,34,35)/p-1. The summed E-state index contributed by atoms with van der Waals surface area (Å²) < 4.78 is 45.4. The first-order valence-corrected chi connectivity index (χ1v) is 13.8. The molecule has 0 spiro atoms. The molecule has 3 heterocycles. The minimum Gasteiger partial charge on any atom is -0.747 e. The van der Waals surface area contributed by atoms with Crippen molar-refractivity contribution in [1.29, 1.82) is 0 Å². The molecular formula is C25H25N4O9S-. The number of amides is 2. The van der Waals surface area contributed by atoms with Crippen molar-refractivity contribution in [2.45, 2.75) is 38.4 Å². The van der Waals surface area contributed by atoms with E-state index in [0.29, 0.717) is 61.0 Å². The largest absolute Gasteiger partial charge is 0.747 e. The molecule has 1 aromatic carbocycles. The van der Waals surface area contributed by atoms with E-state index in [2.05, 4.69) is 4.99 Å². The number of anilines is 1. The van der Waals surface area contributed by atoms with Gasteiger partial charge in [0.25, 0.3) is 11.8 Å². The van der Waals surface area contributed by atoms with Crippen LogP contribution in [0.4, 0.5) is 5.69 Å². The third-order valence-electron chi connectivity index (χ3n) is 6.48. The average Bonchev–Trinajstić information content (AvgIpc) is 3.16. The lowest BCUT2D eigenvalue weighted by Gasteiger charge is -2.31. The Kier molecular flexibility index (Phi) is 6.99. The molecular weight excluding hydrogens is 532 g/mol. The molecule has 4 aliphatic rings. The first-order chi connectivity index (χ1) is 18.5. The molecule has 0 radical (unpaired) electrons. The number of nitrogens with zero attached hydrogens (tertiary/aromatic N) is 4. The van der Waals surface area contributed by atoms with Crippen molar-refractivity contribution >= 4 is 44.7 Å². The van der Waals surface area contributed by atoms with Gasteiger partial charge in [-0.15, -0.1) is 5.06 Å². The summed E-state index contributed by atoms with van der Waals surface area (Å²) in [6.45, 7) is 5.94. The third-order valence-corrected chi connectivity index (χ3v) is 7.54. The predicted octanol–water partition coefficient (Wildman–Crippen LogP) is 1.27. The van der Waals surface area contributed by atoms with E-state index < -0.39 is 39.6 Å². The zero-order valence-electron chi connectivity index (χ0n) is 21.2. The number of hydroxylamine groups is 2. The van der Waals surface area contributed by atoms with Crippen molar-refractivity contribution < 1.29 is 41.3 Å². The lowest BCUT2D eigenvalue weighted by molar-refractivity contribution is -0.197. The third kappa shape index (κ3) is 5.29. The number of hydrogen-bond acceptors (Lipinski definition) is 12. The van der Waals surface area contributed by atoms with E-state index >= 15 is 0 Å². The molecule has 3 aliphatic heterocycles. The molecule has 14 heteroatoms. The molecule has 1 unspecified atom stereocenters.